The van der Waals surface area contributed by atoms with E-state index in [1.54, 1.807) is 30.3 Å². The first-order valence-corrected chi connectivity index (χ1v) is 6.39. The number of amides is 2. The van der Waals surface area contributed by atoms with E-state index >= 15 is 0 Å². The van der Waals surface area contributed by atoms with Crippen LogP contribution in [-0.4, -0.2) is 45.2 Å². The number of nitrogens with one attached hydrogen (secondary N) is 1. The monoisotopic (exact) mass is 294 g/mol. The van der Waals surface area contributed by atoms with Gasteiger partial charge < -0.3 is 15.5 Å². The molecule has 114 valence electrons. The van der Waals surface area contributed by atoms with E-state index in [9.17, 15) is 19.5 Å². The molecular formula is C14H18N2O5. The van der Waals surface area contributed by atoms with Gasteiger partial charge in [0.25, 0.3) is 0 Å². The molecule has 0 radical (unpaired) electrons. The molecule has 1 aromatic rings. The van der Waals surface area contributed by atoms with Gasteiger partial charge in [0.2, 0.25) is 5.91 Å². The minimum atomic E-state index is -1.25. The molecule has 1 aromatic carbocycles. The first kappa shape index (κ1) is 16.5. The van der Waals surface area contributed by atoms with Gasteiger partial charge in [-0.2, -0.15) is 0 Å². The van der Waals surface area contributed by atoms with E-state index in [4.69, 9.17) is 5.11 Å². The van der Waals surface area contributed by atoms with Crippen LogP contribution < -0.4 is 5.32 Å². The molecule has 0 aromatic heterocycles. The van der Waals surface area contributed by atoms with Crippen LogP contribution in [0.4, 0.5) is 4.79 Å². The highest BCUT2D eigenvalue weighted by Gasteiger charge is 2.27. The van der Waals surface area contributed by atoms with E-state index in [0.717, 1.165) is 10.5 Å². The van der Waals surface area contributed by atoms with Gasteiger partial charge in [-0.25, -0.2) is 4.79 Å². The van der Waals surface area contributed by atoms with Gasteiger partial charge in [-0.1, -0.05) is 30.3 Å². The number of nitrogens with zero attached hydrogens (tertiary/aromatic N) is 1. The fraction of sp³-hybridized carbons (Fsp3) is 0.357. The normalized spacial score (nSPS) is 13.0. The number of aliphatic carboxylic acids is 1. The lowest BCUT2D eigenvalue weighted by atomic mass is 10.1. The molecule has 0 aliphatic heterocycles. The fourth-order valence-electron chi connectivity index (χ4n) is 1.69. The number of carbonyl (C=O) groups is 3. The molecular weight excluding hydrogens is 276 g/mol. The summed E-state index contributed by atoms with van der Waals surface area (Å²) < 4.78 is 0. The van der Waals surface area contributed by atoms with E-state index < -0.39 is 30.1 Å². The number of carboxylic acid groups (broad SMARTS) is 2. The predicted molar refractivity (Wildman–Crippen MR) is 74.7 cm³/mol. The first-order valence-electron chi connectivity index (χ1n) is 6.39. The summed E-state index contributed by atoms with van der Waals surface area (Å²) in [6, 6.07) is 6.77. The number of rotatable bonds is 6. The third-order valence-corrected chi connectivity index (χ3v) is 3.02. The van der Waals surface area contributed by atoms with Crippen LogP contribution in [0.15, 0.2) is 30.3 Å². The largest absolute Gasteiger partial charge is 0.480 e. The SMILES string of the molecule is C[C@H](C(=O)N[C@H](C)C(=O)O)N(Cc1ccccc1)C(=O)O. The highest BCUT2D eigenvalue weighted by Crippen LogP contribution is 2.09. The van der Waals surface area contributed by atoms with Gasteiger partial charge in [-0.05, 0) is 19.4 Å². The molecule has 0 spiro atoms. The van der Waals surface area contributed by atoms with Crippen LogP contribution in [0.25, 0.3) is 0 Å². The molecule has 7 heteroatoms. The fourth-order valence-corrected chi connectivity index (χ4v) is 1.69. The molecule has 3 N–H and O–H groups in total. The highest BCUT2D eigenvalue weighted by atomic mass is 16.4. The van der Waals surface area contributed by atoms with Gasteiger partial charge in [-0.15, -0.1) is 0 Å². The van der Waals surface area contributed by atoms with Gasteiger partial charge in [0, 0.05) is 6.54 Å². The number of carboxylic acids is 1. The smallest absolute Gasteiger partial charge is 0.408 e. The van der Waals surface area contributed by atoms with Crippen LogP contribution in [0.3, 0.4) is 0 Å². The minimum Gasteiger partial charge on any atom is -0.480 e. The molecule has 0 aliphatic carbocycles. The van der Waals surface area contributed by atoms with Gasteiger partial charge in [0.15, 0.2) is 0 Å². The van der Waals surface area contributed by atoms with Gasteiger partial charge in [-0.3, -0.25) is 14.5 Å². The molecule has 21 heavy (non-hydrogen) atoms. The van der Waals surface area contributed by atoms with Crippen molar-refractivity contribution in [3.05, 3.63) is 35.9 Å². The first-order chi connectivity index (χ1) is 9.82. The molecule has 0 bridgehead atoms. The lowest BCUT2D eigenvalue weighted by Gasteiger charge is -2.26. The lowest BCUT2D eigenvalue weighted by molar-refractivity contribution is -0.141. The van der Waals surface area contributed by atoms with Gasteiger partial charge in [0.05, 0.1) is 0 Å². The Morgan fingerprint density at radius 2 is 1.71 bits per heavy atom. The molecule has 0 unspecified atom stereocenters. The van der Waals surface area contributed by atoms with Crippen LogP contribution in [0, 0.1) is 0 Å². The number of hydrogen-bond donors (Lipinski definition) is 3. The van der Waals surface area contributed by atoms with Crippen molar-refractivity contribution in [1.82, 2.24) is 10.2 Å². The molecule has 0 aliphatic rings. The Balaban J connectivity index is 2.78. The Bertz CT molecular complexity index is 517. The number of benzene rings is 1. The summed E-state index contributed by atoms with van der Waals surface area (Å²) in [4.78, 5) is 34.9. The van der Waals surface area contributed by atoms with Crippen LogP contribution in [-0.2, 0) is 16.1 Å². The maximum atomic E-state index is 11.9. The average molecular weight is 294 g/mol. The van der Waals surface area contributed by atoms with Crippen molar-refractivity contribution in [1.29, 1.82) is 0 Å². The summed E-state index contributed by atoms with van der Waals surface area (Å²) in [5, 5.41) is 20.2. The Kier molecular flexibility index (Phi) is 5.71. The molecule has 1 rings (SSSR count). The van der Waals surface area contributed by atoms with Crippen molar-refractivity contribution in [2.45, 2.75) is 32.5 Å². The molecule has 0 saturated heterocycles. The van der Waals surface area contributed by atoms with E-state index in [-0.39, 0.29) is 6.54 Å². The van der Waals surface area contributed by atoms with E-state index in [1.807, 2.05) is 0 Å². The summed E-state index contributed by atoms with van der Waals surface area (Å²) >= 11 is 0. The van der Waals surface area contributed by atoms with E-state index in [2.05, 4.69) is 5.32 Å². The molecule has 0 saturated carbocycles. The molecule has 7 nitrogen and oxygen atoms in total. The van der Waals surface area contributed by atoms with E-state index in [1.165, 1.54) is 13.8 Å². The van der Waals surface area contributed by atoms with Crippen LogP contribution in [0.2, 0.25) is 0 Å². The van der Waals surface area contributed by atoms with Crippen molar-refractivity contribution in [3.63, 3.8) is 0 Å². The maximum absolute atomic E-state index is 11.9. The quantitative estimate of drug-likeness (QED) is 0.729. The lowest BCUT2D eigenvalue weighted by Crippen LogP contribution is -2.50. The van der Waals surface area contributed by atoms with Crippen LogP contribution >= 0.6 is 0 Å². The molecule has 2 amide bonds. The Hall–Kier alpha value is -2.57. The third kappa shape index (κ3) is 4.79. The zero-order valence-electron chi connectivity index (χ0n) is 11.8. The van der Waals surface area contributed by atoms with Crippen LogP contribution in [0.5, 0.6) is 0 Å². The van der Waals surface area contributed by atoms with Crippen molar-refractivity contribution in [3.8, 4) is 0 Å². The summed E-state index contributed by atoms with van der Waals surface area (Å²) in [5.74, 6) is -1.83. The maximum Gasteiger partial charge on any atom is 0.408 e. The van der Waals surface area contributed by atoms with Gasteiger partial charge in [0.1, 0.15) is 12.1 Å². The second-order valence-corrected chi connectivity index (χ2v) is 4.64. The minimum absolute atomic E-state index is 0.0478. The Morgan fingerprint density at radius 3 is 2.19 bits per heavy atom. The highest BCUT2D eigenvalue weighted by molar-refractivity contribution is 5.88. The van der Waals surface area contributed by atoms with E-state index in [0.29, 0.717) is 0 Å². The summed E-state index contributed by atoms with van der Waals surface area (Å²) in [7, 11) is 0. The average Bonchev–Trinajstić information content (AvgIpc) is 2.44. The van der Waals surface area contributed by atoms with Gasteiger partial charge >= 0.3 is 12.1 Å². The zero-order valence-corrected chi connectivity index (χ0v) is 11.8. The summed E-state index contributed by atoms with van der Waals surface area (Å²) in [6.07, 6.45) is -1.25. The molecule has 0 fully saturated rings. The second kappa shape index (κ2) is 7.28. The molecule has 0 heterocycles. The van der Waals surface area contributed by atoms with Crippen LogP contribution in [0.1, 0.15) is 19.4 Å². The zero-order chi connectivity index (χ0) is 16.0. The topological polar surface area (TPSA) is 107 Å². The summed E-state index contributed by atoms with van der Waals surface area (Å²) in [6.45, 7) is 2.78. The van der Waals surface area contributed by atoms with Crippen molar-refractivity contribution >= 4 is 18.0 Å². The Morgan fingerprint density at radius 1 is 1.14 bits per heavy atom. The molecule has 2 atom stereocenters. The number of hydrogen-bond acceptors (Lipinski definition) is 3. The van der Waals surface area contributed by atoms with Crippen molar-refractivity contribution < 1.29 is 24.6 Å². The second-order valence-electron chi connectivity index (χ2n) is 4.64. The predicted octanol–water partition coefficient (Wildman–Crippen LogP) is 1.14. The van der Waals surface area contributed by atoms with Crippen molar-refractivity contribution in [2.24, 2.45) is 0 Å². The standard InChI is InChI=1S/C14H18N2O5/c1-9(13(18)19)15-12(17)10(2)16(14(20)21)8-11-6-4-3-5-7-11/h3-7,9-10H,8H2,1-2H3,(H,15,17)(H,18,19)(H,20,21)/t9-,10-/m1/s1. The summed E-state index contributed by atoms with van der Waals surface area (Å²) in [5.41, 5.74) is 0.742. The van der Waals surface area contributed by atoms with Crippen molar-refractivity contribution in [2.75, 3.05) is 0 Å². The number of carbonyl (C=O) groups excluding carboxylic acids is 1. The Labute approximate surface area is 122 Å². The third-order valence-electron chi connectivity index (χ3n) is 3.02.